The SMILES string of the molecule is Cc1ccc(-c2cccc(-c3ccc(C)cc3)c2C(=O)N=[N+]=[N-])cc1. The monoisotopic (exact) mass is 327 g/mol. The van der Waals surface area contributed by atoms with Crippen LogP contribution >= 0.6 is 0 Å². The second kappa shape index (κ2) is 7.04. The summed E-state index contributed by atoms with van der Waals surface area (Å²) >= 11 is 0. The van der Waals surface area contributed by atoms with Crippen molar-refractivity contribution in [3.63, 3.8) is 0 Å². The molecule has 0 aliphatic heterocycles. The standard InChI is InChI=1S/C21H17N3O/c1-14-6-10-16(11-7-14)18-4-3-5-19(20(18)21(25)23-24-22)17-12-8-15(2)9-13-17/h3-13H,1-2H3. The Morgan fingerprint density at radius 2 is 1.24 bits per heavy atom. The molecule has 0 radical (unpaired) electrons. The maximum Gasteiger partial charge on any atom is 0.250 e. The van der Waals surface area contributed by atoms with Crippen molar-refractivity contribution in [3.8, 4) is 22.3 Å². The molecule has 25 heavy (non-hydrogen) atoms. The van der Waals surface area contributed by atoms with Crippen molar-refractivity contribution in [3.05, 3.63) is 93.9 Å². The summed E-state index contributed by atoms with van der Waals surface area (Å²) in [5.41, 5.74) is 14.8. The van der Waals surface area contributed by atoms with Crippen molar-refractivity contribution >= 4 is 5.91 Å². The molecule has 0 saturated heterocycles. The van der Waals surface area contributed by atoms with Crippen molar-refractivity contribution < 1.29 is 4.79 Å². The van der Waals surface area contributed by atoms with E-state index in [-0.39, 0.29) is 0 Å². The minimum Gasteiger partial charge on any atom is -0.287 e. The molecule has 3 rings (SSSR count). The topological polar surface area (TPSA) is 65.8 Å². The van der Waals surface area contributed by atoms with Crippen LogP contribution in [0.15, 0.2) is 71.8 Å². The zero-order valence-corrected chi connectivity index (χ0v) is 14.1. The molecule has 0 unspecified atom stereocenters. The first kappa shape index (κ1) is 16.5. The molecule has 3 aromatic carbocycles. The van der Waals surface area contributed by atoms with Gasteiger partial charge in [0.05, 0.1) is 0 Å². The summed E-state index contributed by atoms with van der Waals surface area (Å²) in [5, 5.41) is 3.34. The predicted molar refractivity (Wildman–Crippen MR) is 100 cm³/mol. The summed E-state index contributed by atoms with van der Waals surface area (Å²) in [7, 11) is 0. The van der Waals surface area contributed by atoms with E-state index in [2.05, 4.69) is 10.0 Å². The van der Waals surface area contributed by atoms with Gasteiger partial charge in [-0.25, -0.2) is 0 Å². The van der Waals surface area contributed by atoms with Crippen molar-refractivity contribution in [1.29, 1.82) is 0 Å². The van der Waals surface area contributed by atoms with E-state index in [0.717, 1.165) is 33.4 Å². The Hall–Kier alpha value is -3.36. The molecule has 0 aliphatic carbocycles. The van der Waals surface area contributed by atoms with Gasteiger partial charge in [0.25, 0.3) is 0 Å². The Balaban J connectivity index is 2.26. The molecule has 0 fully saturated rings. The molecular formula is C21H17N3O. The van der Waals surface area contributed by atoms with Gasteiger partial charge in [0.2, 0.25) is 5.91 Å². The lowest BCUT2D eigenvalue weighted by molar-refractivity contribution is 0.100. The second-order valence-electron chi connectivity index (χ2n) is 5.95. The first-order valence-corrected chi connectivity index (χ1v) is 7.96. The maximum absolute atomic E-state index is 12.5. The summed E-state index contributed by atoms with van der Waals surface area (Å²) in [6, 6.07) is 21.5. The lowest BCUT2D eigenvalue weighted by Crippen LogP contribution is -2.01. The molecule has 0 atom stereocenters. The zero-order valence-electron chi connectivity index (χ0n) is 14.1. The van der Waals surface area contributed by atoms with E-state index in [1.807, 2.05) is 80.6 Å². The lowest BCUT2D eigenvalue weighted by Gasteiger charge is -2.13. The summed E-state index contributed by atoms with van der Waals surface area (Å²) in [6.45, 7) is 4.02. The lowest BCUT2D eigenvalue weighted by atomic mass is 9.91. The first-order chi connectivity index (χ1) is 12.1. The molecule has 4 heteroatoms. The molecule has 0 aromatic heterocycles. The fraction of sp³-hybridized carbons (Fsp3) is 0.0952. The molecule has 0 N–H and O–H groups in total. The van der Waals surface area contributed by atoms with Gasteiger partial charge in [0.1, 0.15) is 0 Å². The number of carbonyl (C=O) groups is 1. The maximum atomic E-state index is 12.5. The highest BCUT2D eigenvalue weighted by molar-refractivity contribution is 6.07. The van der Waals surface area contributed by atoms with E-state index < -0.39 is 5.91 Å². The number of aryl methyl sites for hydroxylation is 2. The van der Waals surface area contributed by atoms with Gasteiger partial charge in [-0.1, -0.05) is 77.9 Å². The molecule has 0 spiro atoms. The van der Waals surface area contributed by atoms with Crippen molar-refractivity contribution in [2.75, 3.05) is 0 Å². The summed E-state index contributed by atoms with van der Waals surface area (Å²) in [6.07, 6.45) is 0. The minimum absolute atomic E-state index is 0.424. The Bertz CT molecular complexity index is 903. The first-order valence-electron chi connectivity index (χ1n) is 7.96. The summed E-state index contributed by atoms with van der Waals surface area (Å²) in [5.74, 6) is -0.575. The minimum atomic E-state index is -0.575. The van der Waals surface area contributed by atoms with Crippen molar-refractivity contribution in [2.24, 2.45) is 5.11 Å². The van der Waals surface area contributed by atoms with Crippen LogP contribution in [-0.4, -0.2) is 5.91 Å². The third-order valence-electron chi connectivity index (χ3n) is 4.14. The highest BCUT2D eigenvalue weighted by Crippen LogP contribution is 2.33. The quantitative estimate of drug-likeness (QED) is 0.326. The van der Waals surface area contributed by atoms with Crippen LogP contribution in [0.25, 0.3) is 32.7 Å². The van der Waals surface area contributed by atoms with Gasteiger partial charge in [0, 0.05) is 10.5 Å². The van der Waals surface area contributed by atoms with Gasteiger partial charge in [-0.3, -0.25) is 4.79 Å². The summed E-state index contributed by atoms with van der Waals surface area (Å²) < 4.78 is 0. The van der Waals surface area contributed by atoms with Gasteiger partial charge < -0.3 is 0 Å². The number of azide groups is 1. The van der Waals surface area contributed by atoms with Crippen LogP contribution in [0, 0.1) is 13.8 Å². The van der Waals surface area contributed by atoms with Gasteiger partial charge in [-0.2, -0.15) is 0 Å². The smallest absolute Gasteiger partial charge is 0.250 e. The van der Waals surface area contributed by atoms with Crippen LogP contribution in [0.4, 0.5) is 0 Å². The van der Waals surface area contributed by atoms with Crippen LogP contribution in [-0.2, 0) is 0 Å². The van der Waals surface area contributed by atoms with E-state index in [4.69, 9.17) is 5.53 Å². The average Bonchev–Trinajstić information content (AvgIpc) is 2.62. The van der Waals surface area contributed by atoms with Crippen LogP contribution in [0.3, 0.4) is 0 Å². The molecule has 0 bridgehead atoms. The van der Waals surface area contributed by atoms with E-state index in [0.29, 0.717) is 5.56 Å². The normalized spacial score (nSPS) is 10.2. The van der Waals surface area contributed by atoms with Crippen LogP contribution in [0.5, 0.6) is 0 Å². The van der Waals surface area contributed by atoms with E-state index in [9.17, 15) is 4.79 Å². The Morgan fingerprint density at radius 3 is 1.64 bits per heavy atom. The molecule has 0 saturated carbocycles. The highest BCUT2D eigenvalue weighted by Gasteiger charge is 2.17. The molecule has 1 amide bonds. The third-order valence-corrected chi connectivity index (χ3v) is 4.14. The van der Waals surface area contributed by atoms with Gasteiger partial charge in [-0.15, -0.1) is 0 Å². The number of carbonyl (C=O) groups excluding carboxylic acids is 1. The van der Waals surface area contributed by atoms with Gasteiger partial charge in [-0.05, 0) is 46.7 Å². The molecule has 0 aliphatic rings. The fourth-order valence-electron chi connectivity index (χ4n) is 2.82. The molecular weight excluding hydrogens is 310 g/mol. The molecule has 0 heterocycles. The summed E-state index contributed by atoms with van der Waals surface area (Å²) in [4.78, 5) is 15.2. The molecule has 122 valence electrons. The largest absolute Gasteiger partial charge is 0.287 e. The fourth-order valence-corrected chi connectivity index (χ4v) is 2.82. The number of nitrogens with zero attached hydrogens (tertiary/aromatic N) is 3. The molecule has 4 nitrogen and oxygen atoms in total. The van der Waals surface area contributed by atoms with E-state index >= 15 is 0 Å². The van der Waals surface area contributed by atoms with Crippen LogP contribution in [0.2, 0.25) is 0 Å². The van der Waals surface area contributed by atoms with Crippen LogP contribution in [0.1, 0.15) is 21.5 Å². The average molecular weight is 327 g/mol. The number of hydrogen-bond acceptors (Lipinski definition) is 1. The van der Waals surface area contributed by atoms with Crippen molar-refractivity contribution in [2.45, 2.75) is 13.8 Å². The Kier molecular flexibility index (Phi) is 4.64. The van der Waals surface area contributed by atoms with Crippen molar-refractivity contribution in [1.82, 2.24) is 0 Å². The van der Waals surface area contributed by atoms with E-state index in [1.54, 1.807) is 0 Å². The zero-order chi connectivity index (χ0) is 17.8. The van der Waals surface area contributed by atoms with E-state index in [1.165, 1.54) is 0 Å². The third kappa shape index (κ3) is 3.44. The number of rotatable bonds is 3. The highest BCUT2D eigenvalue weighted by atomic mass is 16.1. The number of benzene rings is 3. The Labute approximate surface area is 146 Å². The van der Waals surface area contributed by atoms with Gasteiger partial charge >= 0.3 is 0 Å². The predicted octanol–water partition coefficient (Wildman–Crippen LogP) is 6.09. The van der Waals surface area contributed by atoms with Crippen LogP contribution < -0.4 is 0 Å². The Morgan fingerprint density at radius 1 is 0.800 bits per heavy atom. The number of hydrogen-bond donors (Lipinski definition) is 0. The van der Waals surface area contributed by atoms with Gasteiger partial charge in [0.15, 0.2) is 0 Å². The molecule has 3 aromatic rings. The second-order valence-corrected chi connectivity index (χ2v) is 5.95. The number of amides is 1.